The minimum absolute atomic E-state index is 0.0631. The number of nitrogens with zero attached hydrogens (tertiary/aromatic N) is 3. The Balaban J connectivity index is 2.31. The highest BCUT2D eigenvalue weighted by Gasteiger charge is 2.34. The molecule has 2 heterocycles. The van der Waals surface area contributed by atoms with Crippen molar-refractivity contribution in [2.45, 2.75) is 12.7 Å². The quantitative estimate of drug-likeness (QED) is 0.692. The molecule has 0 atom stereocenters. The molecule has 2 rings (SSSR count). The average Bonchev–Trinajstić information content (AvgIpc) is 2.46. The van der Waals surface area contributed by atoms with Crippen molar-refractivity contribution in [1.82, 2.24) is 20.3 Å². The van der Waals surface area contributed by atoms with Crippen molar-refractivity contribution in [2.75, 3.05) is 0 Å². The Bertz CT molecular complexity index is 643. The lowest BCUT2D eigenvalue weighted by molar-refractivity contribution is -0.145. The first-order valence-electron chi connectivity index (χ1n) is 5.63. The molecule has 21 heavy (non-hydrogen) atoms. The number of carbonyl (C=O) groups excluding carboxylic acids is 1. The fourth-order valence-electron chi connectivity index (χ4n) is 1.53. The maximum Gasteiger partial charge on any atom is 0.451 e. The van der Waals surface area contributed by atoms with Crippen LogP contribution in [0.3, 0.4) is 0 Å². The number of pyridine rings is 1. The normalized spacial score (nSPS) is 11.2. The van der Waals surface area contributed by atoms with E-state index in [4.69, 9.17) is 0 Å². The fraction of sp³-hybridized carbons (Fsp3) is 0.167. The molecule has 0 aliphatic heterocycles. The van der Waals surface area contributed by atoms with Gasteiger partial charge in [0, 0.05) is 30.1 Å². The molecular formula is C12H8F4N4O. The Kier molecular flexibility index (Phi) is 4.10. The molecular weight excluding hydrogens is 292 g/mol. The Labute approximate surface area is 116 Å². The van der Waals surface area contributed by atoms with E-state index >= 15 is 0 Å². The van der Waals surface area contributed by atoms with E-state index in [-0.39, 0.29) is 23.4 Å². The van der Waals surface area contributed by atoms with Crippen molar-refractivity contribution >= 4 is 6.41 Å². The second kappa shape index (κ2) is 5.81. The van der Waals surface area contributed by atoms with Crippen LogP contribution in [0.5, 0.6) is 0 Å². The van der Waals surface area contributed by atoms with Crippen LogP contribution in [0.2, 0.25) is 0 Å². The van der Waals surface area contributed by atoms with Gasteiger partial charge in [0.05, 0.1) is 11.9 Å². The monoisotopic (exact) mass is 300 g/mol. The Morgan fingerprint density at radius 2 is 1.81 bits per heavy atom. The van der Waals surface area contributed by atoms with Gasteiger partial charge in [-0.2, -0.15) is 13.2 Å². The molecule has 2 aromatic heterocycles. The largest absolute Gasteiger partial charge is 0.451 e. The summed E-state index contributed by atoms with van der Waals surface area (Å²) < 4.78 is 50.5. The molecule has 0 aromatic carbocycles. The second-order valence-corrected chi connectivity index (χ2v) is 3.95. The molecule has 0 spiro atoms. The third kappa shape index (κ3) is 3.50. The average molecular weight is 300 g/mol. The van der Waals surface area contributed by atoms with Crippen molar-refractivity contribution in [3.8, 4) is 11.3 Å². The number of carbonyl (C=O) groups is 1. The molecule has 0 saturated carbocycles. The fourth-order valence-corrected chi connectivity index (χ4v) is 1.53. The van der Waals surface area contributed by atoms with Crippen LogP contribution in [0.25, 0.3) is 11.3 Å². The lowest BCUT2D eigenvalue weighted by Crippen LogP contribution is -2.12. The van der Waals surface area contributed by atoms with Gasteiger partial charge >= 0.3 is 6.18 Å². The van der Waals surface area contributed by atoms with Gasteiger partial charge in [0.25, 0.3) is 0 Å². The highest BCUT2D eigenvalue weighted by atomic mass is 19.4. The number of amides is 1. The lowest BCUT2D eigenvalue weighted by Gasteiger charge is -2.07. The smallest absolute Gasteiger partial charge is 0.354 e. The zero-order valence-corrected chi connectivity index (χ0v) is 10.4. The Morgan fingerprint density at radius 3 is 2.38 bits per heavy atom. The van der Waals surface area contributed by atoms with Gasteiger partial charge in [0.2, 0.25) is 12.2 Å². The first-order chi connectivity index (χ1) is 9.91. The number of hydrogen-bond acceptors (Lipinski definition) is 4. The van der Waals surface area contributed by atoms with Crippen molar-refractivity contribution in [1.29, 1.82) is 0 Å². The van der Waals surface area contributed by atoms with Crippen molar-refractivity contribution in [2.24, 2.45) is 0 Å². The molecule has 1 amide bonds. The van der Waals surface area contributed by atoms with E-state index in [0.29, 0.717) is 6.41 Å². The summed E-state index contributed by atoms with van der Waals surface area (Å²) in [6, 6.07) is 1.30. The molecule has 0 bridgehead atoms. The van der Waals surface area contributed by atoms with Gasteiger partial charge < -0.3 is 5.32 Å². The minimum Gasteiger partial charge on any atom is -0.354 e. The number of hydrogen-bond donors (Lipinski definition) is 1. The predicted molar refractivity (Wildman–Crippen MR) is 63.1 cm³/mol. The van der Waals surface area contributed by atoms with Crippen LogP contribution < -0.4 is 5.32 Å². The van der Waals surface area contributed by atoms with Gasteiger partial charge in [-0.15, -0.1) is 0 Å². The number of aromatic nitrogens is 3. The topological polar surface area (TPSA) is 67.8 Å². The summed E-state index contributed by atoms with van der Waals surface area (Å²) >= 11 is 0. The van der Waals surface area contributed by atoms with E-state index in [1.807, 2.05) is 0 Å². The summed E-state index contributed by atoms with van der Waals surface area (Å²) in [5.41, 5.74) is 0.551. The van der Waals surface area contributed by atoms with Crippen LogP contribution in [0, 0.1) is 5.82 Å². The van der Waals surface area contributed by atoms with E-state index in [2.05, 4.69) is 20.3 Å². The van der Waals surface area contributed by atoms with Crippen LogP contribution in [0.4, 0.5) is 17.6 Å². The Morgan fingerprint density at radius 1 is 1.14 bits per heavy atom. The highest BCUT2D eigenvalue weighted by molar-refractivity contribution is 5.57. The minimum atomic E-state index is -4.63. The summed E-state index contributed by atoms with van der Waals surface area (Å²) in [4.78, 5) is 20.4. The zero-order chi connectivity index (χ0) is 15.5. The number of alkyl halides is 3. The van der Waals surface area contributed by atoms with Crippen molar-refractivity contribution in [3.63, 3.8) is 0 Å². The molecule has 5 nitrogen and oxygen atoms in total. The van der Waals surface area contributed by atoms with Crippen LogP contribution in [-0.4, -0.2) is 21.4 Å². The summed E-state index contributed by atoms with van der Waals surface area (Å²) in [6.45, 7) is -0.0631. The van der Waals surface area contributed by atoms with Crippen molar-refractivity contribution in [3.05, 3.63) is 41.9 Å². The lowest BCUT2D eigenvalue weighted by atomic mass is 10.1. The SMILES string of the molecule is O=CNCc1cc(-c2cnc(C(F)(F)F)nc2)ncc1F. The van der Waals surface area contributed by atoms with Crippen LogP contribution in [-0.2, 0) is 17.5 Å². The molecule has 1 N–H and O–H groups in total. The third-order valence-corrected chi connectivity index (χ3v) is 2.51. The van der Waals surface area contributed by atoms with E-state index in [1.165, 1.54) is 6.07 Å². The number of nitrogens with one attached hydrogen (secondary N) is 1. The maximum atomic E-state index is 13.4. The van der Waals surface area contributed by atoms with Gasteiger partial charge in [-0.05, 0) is 6.07 Å². The highest BCUT2D eigenvalue weighted by Crippen LogP contribution is 2.26. The van der Waals surface area contributed by atoms with Crippen LogP contribution in [0.15, 0.2) is 24.7 Å². The van der Waals surface area contributed by atoms with E-state index in [9.17, 15) is 22.4 Å². The number of rotatable bonds is 4. The zero-order valence-electron chi connectivity index (χ0n) is 10.4. The van der Waals surface area contributed by atoms with E-state index in [0.717, 1.165) is 18.6 Å². The summed E-state index contributed by atoms with van der Waals surface area (Å²) in [6.07, 6.45) is -1.41. The molecule has 2 aromatic rings. The Hall–Kier alpha value is -2.58. The third-order valence-electron chi connectivity index (χ3n) is 2.51. The molecule has 0 aliphatic carbocycles. The van der Waals surface area contributed by atoms with Gasteiger partial charge in [-0.25, -0.2) is 14.4 Å². The molecule has 0 radical (unpaired) electrons. The standard InChI is InChI=1S/C12H8F4N4O/c13-9-5-18-10(1-7(9)2-17-6-21)8-3-19-11(20-4-8)12(14,15)16/h1,3-6H,2H2,(H,17,21). The summed E-state index contributed by atoms with van der Waals surface area (Å²) in [7, 11) is 0. The molecule has 0 aliphatic rings. The summed E-state index contributed by atoms with van der Waals surface area (Å²) in [5.74, 6) is -1.91. The van der Waals surface area contributed by atoms with Crippen molar-refractivity contribution < 1.29 is 22.4 Å². The molecule has 0 unspecified atom stereocenters. The molecule has 0 fully saturated rings. The van der Waals surface area contributed by atoms with E-state index < -0.39 is 17.8 Å². The maximum absolute atomic E-state index is 13.4. The first kappa shape index (κ1) is 14.8. The first-order valence-corrected chi connectivity index (χ1v) is 5.63. The molecule has 9 heteroatoms. The van der Waals surface area contributed by atoms with Gasteiger partial charge in [0.1, 0.15) is 5.82 Å². The van der Waals surface area contributed by atoms with Crippen LogP contribution >= 0.6 is 0 Å². The van der Waals surface area contributed by atoms with Gasteiger partial charge in [-0.3, -0.25) is 9.78 Å². The van der Waals surface area contributed by atoms with E-state index in [1.54, 1.807) is 0 Å². The number of halogens is 4. The van der Waals surface area contributed by atoms with Crippen LogP contribution in [0.1, 0.15) is 11.4 Å². The van der Waals surface area contributed by atoms with Gasteiger partial charge in [0.15, 0.2) is 0 Å². The predicted octanol–water partition coefficient (Wildman–Crippen LogP) is 1.94. The molecule has 0 saturated heterocycles. The molecule has 110 valence electrons. The van der Waals surface area contributed by atoms with Gasteiger partial charge in [-0.1, -0.05) is 0 Å². The summed E-state index contributed by atoms with van der Waals surface area (Å²) in [5, 5.41) is 2.28. The second-order valence-electron chi connectivity index (χ2n) is 3.95.